The Morgan fingerprint density at radius 3 is 2.71 bits per heavy atom. The quantitative estimate of drug-likeness (QED) is 0.872. The molecule has 0 atom stereocenters. The fraction of sp³-hybridized carbons (Fsp3) is 0.615. The zero-order valence-electron chi connectivity index (χ0n) is 10.2. The summed E-state index contributed by atoms with van der Waals surface area (Å²) in [6.07, 6.45) is 6.88. The number of hydrogen-bond acceptors (Lipinski definition) is 3. The van der Waals surface area contributed by atoms with Gasteiger partial charge in [-0.05, 0) is 38.1 Å². The average Bonchev–Trinajstić information content (AvgIpc) is 2.60. The molecular formula is C13H20FN3. The van der Waals surface area contributed by atoms with Gasteiger partial charge in [-0.3, -0.25) is 0 Å². The molecule has 0 unspecified atom stereocenters. The van der Waals surface area contributed by atoms with E-state index < -0.39 is 0 Å². The van der Waals surface area contributed by atoms with Crippen molar-refractivity contribution >= 4 is 5.82 Å². The summed E-state index contributed by atoms with van der Waals surface area (Å²) >= 11 is 0. The number of likely N-dealkylation sites (tertiary alicyclic amines) is 1. The summed E-state index contributed by atoms with van der Waals surface area (Å²) in [5.41, 5.74) is 0. The molecule has 4 heteroatoms. The molecule has 0 amide bonds. The van der Waals surface area contributed by atoms with Crippen LogP contribution < -0.4 is 5.32 Å². The van der Waals surface area contributed by atoms with Crippen LogP contribution in [0.4, 0.5) is 10.2 Å². The molecule has 1 fully saturated rings. The highest BCUT2D eigenvalue weighted by Crippen LogP contribution is 2.10. The molecule has 1 aliphatic heterocycles. The van der Waals surface area contributed by atoms with Gasteiger partial charge in [0.1, 0.15) is 0 Å². The van der Waals surface area contributed by atoms with E-state index in [4.69, 9.17) is 0 Å². The molecule has 3 nitrogen and oxygen atoms in total. The maximum absolute atomic E-state index is 13.3. The lowest BCUT2D eigenvalue weighted by molar-refractivity contribution is 0.296. The van der Waals surface area contributed by atoms with Gasteiger partial charge in [0, 0.05) is 19.3 Å². The minimum atomic E-state index is -0.275. The first-order valence-electron chi connectivity index (χ1n) is 6.43. The lowest BCUT2D eigenvalue weighted by atomic mass is 10.2. The van der Waals surface area contributed by atoms with Crippen LogP contribution in [0.5, 0.6) is 0 Å². The third-order valence-corrected chi connectivity index (χ3v) is 3.18. The Hall–Kier alpha value is -1.16. The summed E-state index contributed by atoms with van der Waals surface area (Å²) in [6, 6.07) is 3.04. The molecule has 0 radical (unpaired) electrons. The van der Waals surface area contributed by atoms with E-state index >= 15 is 0 Å². The van der Waals surface area contributed by atoms with Crippen LogP contribution in [0.25, 0.3) is 0 Å². The summed E-state index contributed by atoms with van der Waals surface area (Å²) in [4.78, 5) is 6.42. The molecule has 1 aromatic rings. The molecule has 1 aliphatic rings. The molecule has 2 rings (SSSR count). The van der Waals surface area contributed by atoms with Crippen molar-refractivity contribution in [3.05, 3.63) is 24.1 Å². The third kappa shape index (κ3) is 3.97. The number of hydrogen-bond donors (Lipinski definition) is 1. The maximum Gasteiger partial charge on any atom is 0.165 e. The van der Waals surface area contributed by atoms with Crippen molar-refractivity contribution in [3.8, 4) is 0 Å². The van der Waals surface area contributed by atoms with Gasteiger partial charge in [-0.2, -0.15) is 0 Å². The smallest absolute Gasteiger partial charge is 0.165 e. The van der Waals surface area contributed by atoms with Gasteiger partial charge in [0.2, 0.25) is 0 Å². The number of nitrogens with one attached hydrogen (secondary N) is 1. The fourth-order valence-corrected chi connectivity index (χ4v) is 2.21. The minimum absolute atomic E-state index is 0.275. The Labute approximate surface area is 102 Å². The maximum atomic E-state index is 13.3. The molecule has 1 aromatic heterocycles. The Balaban J connectivity index is 1.73. The third-order valence-electron chi connectivity index (χ3n) is 3.18. The molecule has 17 heavy (non-hydrogen) atoms. The summed E-state index contributed by atoms with van der Waals surface area (Å²) < 4.78 is 13.3. The minimum Gasteiger partial charge on any atom is -0.366 e. The van der Waals surface area contributed by atoms with Gasteiger partial charge in [0.05, 0.1) is 0 Å². The Morgan fingerprint density at radius 2 is 2.00 bits per heavy atom. The number of rotatable bonds is 4. The second-order valence-electron chi connectivity index (χ2n) is 4.52. The summed E-state index contributed by atoms with van der Waals surface area (Å²) in [7, 11) is 0. The summed E-state index contributed by atoms with van der Waals surface area (Å²) in [6.45, 7) is 4.07. The van der Waals surface area contributed by atoms with Crippen molar-refractivity contribution in [1.29, 1.82) is 0 Å². The van der Waals surface area contributed by atoms with Crippen LogP contribution in [0.2, 0.25) is 0 Å². The molecule has 94 valence electrons. The highest BCUT2D eigenvalue weighted by Gasteiger charge is 2.08. The second kappa shape index (κ2) is 6.55. The van der Waals surface area contributed by atoms with Crippen molar-refractivity contribution < 1.29 is 4.39 Å². The van der Waals surface area contributed by atoms with Gasteiger partial charge in [-0.25, -0.2) is 9.37 Å². The normalized spacial score (nSPS) is 17.7. The number of anilines is 1. The van der Waals surface area contributed by atoms with E-state index in [9.17, 15) is 4.39 Å². The Kier molecular flexibility index (Phi) is 4.74. The van der Waals surface area contributed by atoms with Crippen LogP contribution in [0.1, 0.15) is 25.7 Å². The van der Waals surface area contributed by atoms with Crippen LogP contribution in [0.3, 0.4) is 0 Å². The van der Waals surface area contributed by atoms with E-state index in [1.807, 2.05) is 0 Å². The van der Waals surface area contributed by atoms with Crippen molar-refractivity contribution in [2.24, 2.45) is 0 Å². The van der Waals surface area contributed by atoms with Gasteiger partial charge in [0.15, 0.2) is 11.6 Å². The molecule has 0 spiro atoms. The number of pyridine rings is 1. The summed E-state index contributed by atoms with van der Waals surface area (Å²) in [5, 5.41) is 3.05. The van der Waals surface area contributed by atoms with Gasteiger partial charge in [-0.15, -0.1) is 0 Å². The Morgan fingerprint density at radius 1 is 1.24 bits per heavy atom. The summed E-state index contributed by atoms with van der Waals surface area (Å²) in [5.74, 6) is 0.0886. The van der Waals surface area contributed by atoms with E-state index in [-0.39, 0.29) is 5.82 Å². The fourth-order valence-electron chi connectivity index (χ4n) is 2.21. The van der Waals surface area contributed by atoms with E-state index in [0.717, 1.165) is 13.1 Å². The SMILES string of the molecule is Fc1cccnc1NCCN1CCCCCC1. The van der Waals surface area contributed by atoms with Crippen molar-refractivity contribution in [2.75, 3.05) is 31.5 Å². The van der Waals surface area contributed by atoms with Gasteiger partial charge in [0.25, 0.3) is 0 Å². The number of aromatic nitrogens is 1. The van der Waals surface area contributed by atoms with E-state index in [0.29, 0.717) is 5.82 Å². The van der Waals surface area contributed by atoms with Gasteiger partial charge in [-0.1, -0.05) is 12.8 Å². The first-order chi connectivity index (χ1) is 8.36. The highest BCUT2D eigenvalue weighted by molar-refractivity contribution is 5.35. The molecule has 1 saturated heterocycles. The van der Waals surface area contributed by atoms with Crippen LogP contribution in [-0.2, 0) is 0 Å². The predicted octanol–water partition coefficient (Wildman–Crippen LogP) is 2.51. The highest BCUT2D eigenvalue weighted by atomic mass is 19.1. The second-order valence-corrected chi connectivity index (χ2v) is 4.52. The van der Waals surface area contributed by atoms with E-state index in [1.54, 1.807) is 12.3 Å². The van der Waals surface area contributed by atoms with E-state index in [1.165, 1.54) is 44.8 Å². The first-order valence-corrected chi connectivity index (χ1v) is 6.43. The molecular weight excluding hydrogens is 217 g/mol. The van der Waals surface area contributed by atoms with Gasteiger partial charge >= 0.3 is 0 Å². The van der Waals surface area contributed by atoms with Crippen molar-refractivity contribution in [1.82, 2.24) is 9.88 Å². The number of halogens is 1. The lowest BCUT2D eigenvalue weighted by Gasteiger charge is -2.19. The predicted molar refractivity (Wildman–Crippen MR) is 67.6 cm³/mol. The molecule has 0 aromatic carbocycles. The monoisotopic (exact) mass is 237 g/mol. The topological polar surface area (TPSA) is 28.2 Å². The van der Waals surface area contributed by atoms with Crippen LogP contribution in [0.15, 0.2) is 18.3 Å². The van der Waals surface area contributed by atoms with Crippen LogP contribution >= 0.6 is 0 Å². The number of nitrogens with zero attached hydrogens (tertiary/aromatic N) is 2. The largest absolute Gasteiger partial charge is 0.366 e. The molecule has 2 heterocycles. The van der Waals surface area contributed by atoms with Crippen molar-refractivity contribution in [2.45, 2.75) is 25.7 Å². The average molecular weight is 237 g/mol. The van der Waals surface area contributed by atoms with Crippen LogP contribution in [0, 0.1) is 5.82 Å². The first kappa shape index (κ1) is 12.3. The Bertz CT molecular complexity index is 335. The zero-order chi connectivity index (χ0) is 11.9. The van der Waals surface area contributed by atoms with Crippen LogP contribution in [-0.4, -0.2) is 36.1 Å². The van der Waals surface area contributed by atoms with Gasteiger partial charge < -0.3 is 10.2 Å². The lowest BCUT2D eigenvalue weighted by Crippen LogP contribution is -2.30. The molecule has 0 saturated carbocycles. The molecule has 0 bridgehead atoms. The van der Waals surface area contributed by atoms with Crippen molar-refractivity contribution in [3.63, 3.8) is 0 Å². The molecule has 0 aliphatic carbocycles. The molecule has 1 N–H and O–H groups in total. The zero-order valence-corrected chi connectivity index (χ0v) is 10.2. The van der Waals surface area contributed by atoms with E-state index in [2.05, 4.69) is 15.2 Å². The standard InChI is InChI=1S/C13H20FN3/c14-12-6-5-7-15-13(12)16-8-11-17-9-3-1-2-4-10-17/h5-7H,1-4,8-11H2,(H,15,16).